The van der Waals surface area contributed by atoms with Gasteiger partial charge >= 0.3 is 5.97 Å². The minimum Gasteiger partial charge on any atom is -0.465 e. The summed E-state index contributed by atoms with van der Waals surface area (Å²) in [4.78, 5) is 25.8. The summed E-state index contributed by atoms with van der Waals surface area (Å²) in [5.41, 5.74) is 0.524. The van der Waals surface area contributed by atoms with Gasteiger partial charge in [-0.3, -0.25) is 9.59 Å². The molecule has 1 aliphatic rings. The number of ketones is 1. The van der Waals surface area contributed by atoms with Crippen LogP contribution in [0.4, 0.5) is 0 Å². The maximum absolute atomic E-state index is 12.9. The van der Waals surface area contributed by atoms with Crippen molar-refractivity contribution in [2.24, 2.45) is 5.41 Å². The van der Waals surface area contributed by atoms with Gasteiger partial charge in [0, 0.05) is 12.0 Å². The lowest BCUT2D eigenvalue weighted by Gasteiger charge is -2.31. The van der Waals surface area contributed by atoms with Crippen molar-refractivity contribution in [2.75, 3.05) is 6.61 Å². The molecule has 26 heavy (non-hydrogen) atoms. The van der Waals surface area contributed by atoms with E-state index < -0.39 is 17.3 Å². The van der Waals surface area contributed by atoms with E-state index >= 15 is 0 Å². The fourth-order valence-corrected chi connectivity index (χ4v) is 3.60. The number of benzene rings is 2. The van der Waals surface area contributed by atoms with Crippen LogP contribution in [0.25, 0.3) is 0 Å². The van der Waals surface area contributed by atoms with Gasteiger partial charge in [0.1, 0.15) is 5.41 Å². The largest absolute Gasteiger partial charge is 0.465 e. The van der Waals surface area contributed by atoms with Crippen molar-refractivity contribution in [3.8, 4) is 11.8 Å². The first-order chi connectivity index (χ1) is 12.7. The Labute approximate surface area is 154 Å². The SMILES string of the molecule is CCOC(=O)[C@@]1([C@H](C#Cc2ccccc2)c2ccccc2)CCCC1=O. The summed E-state index contributed by atoms with van der Waals surface area (Å²) in [5.74, 6) is 5.36. The van der Waals surface area contributed by atoms with E-state index in [9.17, 15) is 9.59 Å². The molecule has 0 saturated heterocycles. The van der Waals surface area contributed by atoms with E-state index in [0.29, 0.717) is 19.3 Å². The summed E-state index contributed by atoms with van der Waals surface area (Å²) in [5, 5.41) is 0. The monoisotopic (exact) mass is 346 g/mol. The van der Waals surface area contributed by atoms with Crippen LogP contribution in [0.15, 0.2) is 60.7 Å². The minimum absolute atomic E-state index is 0.0628. The molecule has 0 N–H and O–H groups in total. The molecule has 0 unspecified atom stereocenters. The molecule has 2 aromatic rings. The molecule has 1 fully saturated rings. The second-order valence-corrected chi connectivity index (χ2v) is 6.45. The molecule has 0 heterocycles. The molecule has 2 atom stereocenters. The van der Waals surface area contributed by atoms with Gasteiger partial charge in [0.25, 0.3) is 0 Å². The first-order valence-electron chi connectivity index (χ1n) is 9.00. The fourth-order valence-electron chi connectivity index (χ4n) is 3.60. The van der Waals surface area contributed by atoms with Gasteiger partial charge in [-0.15, -0.1) is 0 Å². The molecule has 2 aromatic carbocycles. The van der Waals surface area contributed by atoms with Crippen LogP contribution in [0.2, 0.25) is 0 Å². The third-order valence-electron chi connectivity index (χ3n) is 4.87. The van der Waals surface area contributed by atoms with Crippen LogP contribution in [0, 0.1) is 17.3 Å². The van der Waals surface area contributed by atoms with Gasteiger partial charge < -0.3 is 4.74 Å². The molecule has 0 aromatic heterocycles. The number of rotatable bonds is 4. The van der Waals surface area contributed by atoms with Crippen LogP contribution in [-0.4, -0.2) is 18.4 Å². The Bertz CT molecular complexity index is 830. The molecular weight excluding hydrogens is 324 g/mol. The summed E-state index contributed by atoms with van der Waals surface area (Å²) in [7, 11) is 0. The summed E-state index contributed by atoms with van der Waals surface area (Å²) in [6, 6.07) is 19.2. The predicted molar refractivity (Wildman–Crippen MR) is 100 cm³/mol. The van der Waals surface area contributed by atoms with E-state index in [1.165, 1.54) is 0 Å². The molecule has 0 aliphatic heterocycles. The summed E-state index contributed by atoms with van der Waals surface area (Å²) >= 11 is 0. The molecule has 132 valence electrons. The van der Waals surface area contributed by atoms with Crippen LogP contribution in [0.5, 0.6) is 0 Å². The Morgan fingerprint density at radius 2 is 1.77 bits per heavy atom. The van der Waals surface area contributed by atoms with Crippen molar-refractivity contribution in [3.05, 3.63) is 71.8 Å². The molecule has 3 rings (SSSR count). The average molecular weight is 346 g/mol. The van der Waals surface area contributed by atoms with E-state index in [1.54, 1.807) is 6.92 Å². The predicted octanol–water partition coefficient (Wildman–Crippen LogP) is 4.12. The number of ether oxygens (including phenoxy) is 1. The molecule has 0 bridgehead atoms. The van der Waals surface area contributed by atoms with Gasteiger partial charge in [0.15, 0.2) is 5.78 Å². The first-order valence-corrected chi connectivity index (χ1v) is 9.00. The number of Topliss-reactive ketones (excluding diaryl/α,β-unsaturated/α-hetero) is 1. The third-order valence-corrected chi connectivity index (χ3v) is 4.87. The Morgan fingerprint density at radius 3 is 2.35 bits per heavy atom. The molecule has 1 saturated carbocycles. The van der Waals surface area contributed by atoms with Gasteiger partial charge in [-0.25, -0.2) is 0 Å². The Kier molecular flexibility index (Phi) is 5.53. The zero-order valence-electron chi connectivity index (χ0n) is 14.9. The summed E-state index contributed by atoms with van der Waals surface area (Å²) < 4.78 is 5.33. The Hall–Kier alpha value is -2.86. The number of carbonyl (C=O) groups excluding carboxylic acids is 2. The molecule has 3 heteroatoms. The molecule has 0 radical (unpaired) electrons. The van der Waals surface area contributed by atoms with Crippen molar-refractivity contribution in [3.63, 3.8) is 0 Å². The average Bonchev–Trinajstić information content (AvgIpc) is 3.06. The van der Waals surface area contributed by atoms with E-state index in [4.69, 9.17) is 4.74 Å². The van der Waals surface area contributed by atoms with Crippen molar-refractivity contribution >= 4 is 11.8 Å². The van der Waals surface area contributed by atoms with Crippen molar-refractivity contribution in [2.45, 2.75) is 32.1 Å². The van der Waals surface area contributed by atoms with Gasteiger partial charge in [-0.1, -0.05) is 60.4 Å². The van der Waals surface area contributed by atoms with Crippen LogP contribution in [0.3, 0.4) is 0 Å². The highest BCUT2D eigenvalue weighted by Crippen LogP contribution is 2.47. The van der Waals surface area contributed by atoms with E-state index in [0.717, 1.165) is 11.1 Å². The van der Waals surface area contributed by atoms with Crippen molar-refractivity contribution in [1.29, 1.82) is 0 Å². The maximum Gasteiger partial charge on any atom is 0.321 e. The molecule has 0 spiro atoms. The van der Waals surface area contributed by atoms with Crippen molar-refractivity contribution in [1.82, 2.24) is 0 Å². The lowest BCUT2D eigenvalue weighted by atomic mass is 9.70. The lowest BCUT2D eigenvalue weighted by Crippen LogP contribution is -2.42. The van der Waals surface area contributed by atoms with Crippen LogP contribution in [0.1, 0.15) is 43.2 Å². The number of hydrogen-bond donors (Lipinski definition) is 0. The third kappa shape index (κ3) is 3.41. The van der Waals surface area contributed by atoms with Crippen LogP contribution < -0.4 is 0 Å². The summed E-state index contributed by atoms with van der Waals surface area (Å²) in [6.45, 7) is 2.01. The van der Waals surface area contributed by atoms with Crippen LogP contribution in [-0.2, 0) is 14.3 Å². The molecule has 1 aliphatic carbocycles. The highest BCUT2D eigenvalue weighted by Gasteiger charge is 2.55. The first kappa shape index (κ1) is 17.9. The van der Waals surface area contributed by atoms with E-state index in [-0.39, 0.29) is 12.4 Å². The topological polar surface area (TPSA) is 43.4 Å². The number of esters is 1. The smallest absolute Gasteiger partial charge is 0.321 e. The summed E-state index contributed by atoms with van der Waals surface area (Å²) in [6.07, 6.45) is 1.57. The lowest BCUT2D eigenvalue weighted by molar-refractivity contribution is -0.159. The second kappa shape index (κ2) is 8.01. The normalized spacial score (nSPS) is 20.1. The molecule has 3 nitrogen and oxygen atoms in total. The van der Waals surface area contributed by atoms with Gasteiger partial charge in [0.05, 0.1) is 12.5 Å². The van der Waals surface area contributed by atoms with E-state index in [1.807, 2.05) is 60.7 Å². The van der Waals surface area contributed by atoms with Gasteiger partial charge in [-0.2, -0.15) is 0 Å². The van der Waals surface area contributed by atoms with Gasteiger partial charge in [0.2, 0.25) is 0 Å². The highest BCUT2D eigenvalue weighted by molar-refractivity contribution is 6.06. The number of carbonyl (C=O) groups is 2. The Balaban J connectivity index is 2.11. The van der Waals surface area contributed by atoms with E-state index in [2.05, 4.69) is 11.8 Å². The second-order valence-electron chi connectivity index (χ2n) is 6.45. The Morgan fingerprint density at radius 1 is 1.12 bits per heavy atom. The standard InChI is InChI=1S/C23H22O3/c1-2-26-22(25)23(17-9-14-21(23)24)20(19-12-7-4-8-13-19)16-15-18-10-5-3-6-11-18/h3-8,10-13,20H,2,9,14,17H2,1H3/t20-,23-/m1/s1. The van der Waals surface area contributed by atoms with Crippen molar-refractivity contribution < 1.29 is 14.3 Å². The highest BCUT2D eigenvalue weighted by atomic mass is 16.5. The molecule has 0 amide bonds. The van der Waals surface area contributed by atoms with Crippen LogP contribution >= 0.6 is 0 Å². The quantitative estimate of drug-likeness (QED) is 0.475. The zero-order chi connectivity index (χ0) is 18.4. The minimum atomic E-state index is -1.21. The number of hydrogen-bond acceptors (Lipinski definition) is 3. The zero-order valence-corrected chi connectivity index (χ0v) is 14.9. The van der Waals surface area contributed by atoms with Gasteiger partial charge in [-0.05, 0) is 37.5 Å². The molecular formula is C23H22O3. The maximum atomic E-state index is 12.9. The fraction of sp³-hybridized carbons (Fsp3) is 0.304.